The number of nitrogens with one attached hydrogen (secondary N) is 1. The molecule has 1 heterocycles. The minimum Gasteiger partial charge on any atom is -0.321 e. The third kappa shape index (κ3) is 3.42. The van der Waals surface area contributed by atoms with E-state index in [1.165, 1.54) is 22.6 Å². The minimum absolute atomic E-state index is 0.152. The lowest BCUT2D eigenvalue weighted by Gasteiger charge is -2.12. The van der Waals surface area contributed by atoms with Crippen LogP contribution in [0.4, 0.5) is 0 Å². The fourth-order valence-corrected chi connectivity index (χ4v) is 5.43. The molecular weight excluding hydrogens is 486 g/mol. The average Bonchev–Trinajstić information content (AvgIpc) is 3.28. The molecule has 1 aromatic heterocycles. The number of hydrogen-bond donors (Lipinski definition) is 1. The van der Waals surface area contributed by atoms with Crippen LogP contribution in [-0.4, -0.2) is 10.8 Å². The molecule has 34 heavy (non-hydrogen) atoms. The molecule has 0 saturated heterocycles. The van der Waals surface area contributed by atoms with Gasteiger partial charge in [-0.15, -0.1) is 0 Å². The van der Waals surface area contributed by atoms with E-state index in [4.69, 9.17) is 0 Å². The highest BCUT2D eigenvalue weighted by Gasteiger charge is 2.20. The Labute approximate surface area is 204 Å². The molecule has 1 aliphatic rings. The van der Waals surface area contributed by atoms with Gasteiger partial charge in [0.25, 0.3) is 5.56 Å². The van der Waals surface area contributed by atoms with Gasteiger partial charge in [-0.05, 0) is 70.1 Å². The number of rotatable bonds is 4. The Morgan fingerprint density at radius 1 is 0.853 bits per heavy atom. The van der Waals surface area contributed by atoms with E-state index in [9.17, 15) is 9.59 Å². The summed E-state index contributed by atoms with van der Waals surface area (Å²) in [7, 11) is 0. The van der Waals surface area contributed by atoms with E-state index in [1.807, 2.05) is 54.6 Å². The molecule has 0 radical (unpaired) electrons. The fourth-order valence-electron chi connectivity index (χ4n) is 5.07. The molecule has 0 amide bonds. The summed E-state index contributed by atoms with van der Waals surface area (Å²) >= 11 is 3.53. The molecule has 5 aromatic rings. The molecule has 0 fully saturated rings. The van der Waals surface area contributed by atoms with Gasteiger partial charge in [-0.2, -0.15) is 0 Å². The zero-order chi connectivity index (χ0) is 23.2. The number of H-pyrrole nitrogens is 1. The van der Waals surface area contributed by atoms with Crippen molar-refractivity contribution in [3.63, 3.8) is 0 Å². The van der Waals surface area contributed by atoms with E-state index in [0.717, 1.165) is 39.2 Å². The van der Waals surface area contributed by atoms with E-state index in [2.05, 4.69) is 51.2 Å². The summed E-state index contributed by atoms with van der Waals surface area (Å²) in [5.41, 5.74) is 5.64. The Kier molecular flexibility index (Phi) is 5.04. The average molecular weight is 506 g/mol. The molecule has 0 atom stereocenters. The van der Waals surface area contributed by atoms with Crippen molar-refractivity contribution in [3.05, 3.63) is 122 Å². The number of benzene rings is 4. The number of aromatic nitrogens is 1. The maximum atomic E-state index is 13.5. The summed E-state index contributed by atoms with van der Waals surface area (Å²) in [6, 6.07) is 25.9. The Hall–Kier alpha value is -3.76. The fraction of sp³-hybridized carbons (Fsp3) is 0.0667. The van der Waals surface area contributed by atoms with E-state index < -0.39 is 0 Å². The number of hydrogen-bond acceptors (Lipinski definition) is 2. The number of carbonyl (C=O) groups is 1. The van der Waals surface area contributed by atoms with Crippen molar-refractivity contribution in [1.82, 2.24) is 4.98 Å². The summed E-state index contributed by atoms with van der Waals surface area (Å²) in [6.07, 6.45) is 5.48. The maximum absolute atomic E-state index is 13.5. The smallest absolute Gasteiger partial charge is 0.260 e. The second-order valence-corrected chi connectivity index (χ2v) is 9.53. The number of carbonyl (C=O) groups excluding carboxylic acids is 1. The summed E-state index contributed by atoms with van der Waals surface area (Å²) in [4.78, 5) is 29.6. The first kappa shape index (κ1) is 20.8. The Morgan fingerprint density at radius 2 is 1.65 bits per heavy atom. The van der Waals surface area contributed by atoms with Crippen molar-refractivity contribution in [1.29, 1.82) is 0 Å². The molecule has 1 N–H and O–H groups in total. The lowest BCUT2D eigenvalue weighted by molar-refractivity contribution is 0.104. The first-order valence-corrected chi connectivity index (χ1v) is 12.1. The van der Waals surface area contributed by atoms with Crippen LogP contribution in [0.2, 0.25) is 0 Å². The summed E-state index contributed by atoms with van der Waals surface area (Å²) in [6.45, 7) is 0. The number of ketones is 1. The van der Waals surface area contributed by atoms with Crippen LogP contribution in [0.15, 0.2) is 94.2 Å². The summed E-state index contributed by atoms with van der Waals surface area (Å²) in [5, 5.41) is 3.27. The second kappa shape index (κ2) is 8.23. The third-order valence-corrected chi connectivity index (χ3v) is 7.10. The van der Waals surface area contributed by atoms with Gasteiger partial charge in [-0.25, -0.2) is 0 Å². The molecule has 4 aromatic carbocycles. The highest BCUT2D eigenvalue weighted by Crippen LogP contribution is 2.34. The van der Waals surface area contributed by atoms with Crippen LogP contribution in [0.1, 0.15) is 27.0 Å². The quantitative estimate of drug-likeness (QED) is 0.209. The number of halogens is 1. The minimum atomic E-state index is -0.385. The zero-order valence-corrected chi connectivity index (χ0v) is 19.9. The lowest BCUT2D eigenvalue weighted by Crippen LogP contribution is -2.18. The Bertz CT molecular complexity index is 1690. The van der Waals surface area contributed by atoms with Crippen LogP contribution in [0.3, 0.4) is 0 Å². The van der Waals surface area contributed by atoms with Crippen molar-refractivity contribution in [2.45, 2.75) is 12.8 Å². The number of aromatic amines is 1. The molecule has 0 bridgehead atoms. The zero-order valence-electron chi connectivity index (χ0n) is 18.3. The van der Waals surface area contributed by atoms with Crippen molar-refractivity contribution in [2.75, 3.05) is 0 Å². The van der Waals surface area contributed by atoms with Gasteiger partial charge >= 0.3 is 0 Å². The van der Waals surface area contributed by atoms with Crippen LogP contribution in [-0.2, 0) is 12.8 Å². The predicted octanol–water partition coefficient (Wildman–Crippen LogP) is 7.11. The highest BCUT2D eigenvalue weighted by molar-refractivity contribution is 9.10. The van der Waals surface area contributed by atoms with Gasteiger partial charge in [-0.3, -0.25) is 9.59 Å². The molecule has 0 saturated carbocycles. The predicted molar refractivity (Wildman–Crippen MR) is 142 cm³/mol. The van der Waals surface area contributed by atoms with E-state index >= 15 is 0 Å². The lowest BCUT2D eigenvalue weighted by atomic mass is 9.93. The van der Waals surface area contributed by atoms with Crippen molar-refractivity contribution in [2.24, 2.45) is 0 Å². The molecule has 3 nitrogen and oxygen atoms in total. The summed E-state index contributed by atoms with van der Waals surface area (Å²) in [5.74, 6) is -0.315. The van der Waals surface area contributed by atoms with Gasteiger partial charge in [0.05, 0.1) is 5.56 Å². The molecule has 0 spiro atoms. The number of allylic oxidation sites excluding steroid dienone is 1. The first-order valence-electron chi connectivity index (χ1n) is 11.3. The second-order valence-electron chi connectivity index (χ2n) is 8.61. The van der Waals surface area contributed by atoms with Crippen LogP contribution >= 0.6 is 15.9 Å². The molecule has 164 valence electrons. The molecule has 1 aliphatic carbocycles. The molecule has 0 unspecified atom stereocenters. The summed E-state index contributed by atoms with van der Waals surface area (Å²) < 4.78 is 0.881. The van der Waals surface area contributed by atoms with Crippen molar-refractivity contribution in [3.8, 4) is 11.1 Å². The molecule has 6 rings (SSSR count). The Balaban J connectivity index is 1.52. The molecule has 4 heteroatoms. The van der Waals surface area contributed by atoms with Crippen molar-refractivity contribution >= 4 is 49.5 Å². The van der Waals surface area contributed by atoms with E-state index in [-0.39, 0.29) is 16.9 Å². The van der Waals surface area contributed by atoms with Gasteiger partial charge < -0.3 is 4.98 Å². The van der Waals surface area contributed by atoms with Crippen LogP contribution in [0, 0.1) is 0 Å². The topological polar surface area (TPSA) is 49.9 Å². The van der Waals surface area contributed by atoms with E-state index in [1.54, 1.807) is 0 Å². The molecule has 0 aliphatic heterocycles. The normalized spacial score (nSPS) is 12.7. The van der Waals surface area contributed by atoms with Gasteiger partial charge in [0.1, 0.15) is 0 Å². The monoisotopic (exact) mass is 505 g/mol. The maximum Gasteiger partial charge on any atom is 0.260 e. The van der Waals surface area contributed by atoms with Gasteiger partial charge in [0.2, 0.25) is 0 Å². The van der Waals surface area contributed by atoms with Crippen LogP contribution in [0.5, 0.6) is 0 Å². The van der Waals surface area contributed by atoms with Gasteiger partial charge in [0.15, 0.2) is 5.78 Å². The van der Waals surface area contributed by atoms with E-state index in [0.29, 0.717) is 11.1 Å². The molecular formula is C30H20BrNO2. The van der Waals surface area contributed by atoms with Crippen molar-refractivity contribution < 1.29 is 4.79 Å². The first-order chi connectivity index (χ1) is 16.6. The Morgan fingerprint density at radius 3 is 2.47 bits per heavy atom. The number of pyridine rings is 1. The third-order valence-electron chi connectivity index (χ3n) is 6.61. The van der Waals surface area contributed by atoms with Gasteiger partial charge in [0, 0.05) is 20.9 Å². The number of aryl methyl sites for hydroxylation is 2. The number of fused-ring (bicyclic) bond motifs is 1. The highest BCUT2D eigenvalue weighted by atomic mass is 79.9. The van der Waals surface area contributed by atoms with Gasteiger partial charge in [-0.1, -0.05) is 82.7 Å². The standard InChI is InChI=1S/C30H20BrNO2/c31-22-14-15-25-24(17-22)28(19-5-2-1-3-6-19)29(30(34)32-25)26(33)16-13-18-9-10-21-12-11-20-7-4-8-23(18)27(20)21/h1-10,13-17H,11-12H2,(H,32,34). The largest absolute Gasteiger partial charge is 0.321 e. The van der Waals surface area contributed by atoms with Crippen LogP contribution < -0.4 is 5.56 Å². The SMILES string of the molecule is O=C(C=Cc1ccc2c3c(cccc13)CC2)c1c(-c2ccccc2)c2cc(Br)ccc2[nH]c1=O. The van der Waals surface area contributed by atoms with Crippen LogP contribution in [0.25, 0.3) is 38.9 Å².